The molecular formula is C14H24N2O4. The van der Waals surface area contributed by atoms with Crippen LogP contribution in [0, 0.1) is 0 Å². The first-order valence-corrected chi connectivity index (χ1v) is 6.31. The topological polar surface area (TPSA) is 113 Å². The lowest BCUT2D eigenvalue weighted by molar-refractivity contribution is -0.140. The fourth-order valence-electron chi connectivity index (χ4n) is 1.12. The van der Waals surface area contributed by atoms with E-state index in [1.165, 1.54) is 0 Å². The lowest BCUT2D eigenvalue weighted by atomic mass is 10.1. The molecule has 0 saturated carbocycles. The standard InChI is InChI=1S/C12H18N2O4.C2H6/c1-8(3-4-9(2)13)7-14-10(12(17)18)5-6-11(15)16;1-2/h3-4,10,14H,1-2,5-7,13H2,(H,15,16)(H,17,18);1-2H3/b4-3-;. The maximum atomic E-state index is 10.9. The zero-order chi connectivity index (χ0) is 16.1. The Kier molecular flexibility index (Phi) is 12.1. The van der Waals surface area contributed by atoms with E-state index in [2.05, 4.69) is 18.5 Å². The molecule has 5 N–H and O–H groups in total. The van der Waals surface area contributed by atoms with E-state index < -0.39 is 18.0 Å². The van der Waals surface area contributed by atoms with Crippen molar-refractivity contribution in [3.8, 4) is 0 Å². The van der Waals surface area contributed by atoms with Crippen LogP contribution in [0.4, 0.5) is 0 Å². The van der Waals surface area contributed by atoms with Gasteiger partial charge >= 0.3 is 11.9 Å². The zero-order valence-corrected chi connectivity index (χ0v) is 12.1. The van der Waals surface area contributed by atoms with Crippen LogP contribution in [-0.2, 0) is 9.59 Å². The van der Waals surface area contributed by atoms with Crippen LogP contribution < -0.4 is 11.1 Å². The number of hydrogen-bond donors (Lipinski definition) is 4. The second kappa shape index (κ2) is 12.0. The number of carboxylic acid groups (broad SMARTS) is 2. The average Bonchev–Trinajstić information content (AvgIpc) is 2.37. The molecule has 0 spiro atoms. The highest BCUT2D eigenvalue weighted by molar-refractivity contribution is 5.75. The van der Waals surface area contributed by atoms with Gasteiger partial charge in [-0.15, -0.1) is 0 Å². The minimum atomic E-state index is -1.09. The number of aliphatic carboxylic acids is 2. The van der Waals surface area contributed by atoms with E-state index in [4.69, 9.17) is 15.9 Å². The Balaban J connectivity index is 0. The molecule has 0 rings (SSSR count). The van der Waals surface area contributed by atoms with E-state index in [-0.39, 0.29) is 19.4 Å². The van der Waals surface area contributed by atoms with Crippen LogP contribution in [0.3, 0.4) is 0 Å². The molecule has 0 saturated heterocycles. The number of nitrogens with two attached hydrogens (primary N) is 1. The predicted molar refractivity (Wildman–Crippen MR) is 79.3 cm³/mol. The molecule has 0 radical (unpaired) electrons. The Morgan fingerprint density at radius 3 is 2.20 bits per heavy atom. The lowest BCUT2D eigenvalue weighted by Gasteiger charge is -2.13. The zero-order valence-electron chi connectivity index (χ0n) is 12.1. The first kappa shape index (κ1) is 20.2. The summed E-state index contributed by atoms with van der Waals surface area (Å²) < 4.78 is 0. The van der Waals surface area contributed by atoms with E-state index in [0.29, 0.717) is 11.3 Å². The van der Waals surface area contributed by atoms with Crippen LogP contribution in [0.15, 0.2) is 36.6 Å². The quantitative estimate of drug-likeness (QED) is 0.477. The number of carboxylic acids is 2. The first-order chi connectivity index (χ1) is 9.32. The monoisotopic (exact) mass is 284 g/mol. The number of hydrogen-bond acceptors (Lipinski definition) is 4. The van der Waals surface area contributed by atoms with Gasteiger partial charge in [0.05, 0.1) is 0 Å². The largest absolute Gasteiger partial charge is 0.481 e. The predicted octanol–water partition coefficient (Wildman–Crippen LogP) is 1.51. The van der Waals surface area contributed by atoms with Crippen molar-refractivity contribution in [1.82, 2.24) is 5.32 Å². The van der Waals surface area contributed by atoms with Gasteiger partial charge in [0.2, 0.25) is 0 Å². The van der Waals surface area contributed by atoms with E-state index in [1.807, 2.05) is 13.8 Å². The van der Waals surface area contributed by atoms with Gasteiger partial charge < -0.3 is 21.3 Å². The fourth-order valence-corrected chi connectivity index (χ4v) is 1.12. The third-order valence-corrected chi connectivity index (χ3v) is 2.05. The summed E-state index contributed by atoms with van der Waals surface area (Å²) in [6.07, 6.45) is 2.99. The second-order valence-corrected chi connectivity index (χ2v) is 3.77. The molecule has 1 atom stereocenters. The number of carbonyl (C=O) groups is 2. The van der Waals surface area contributed by atoms with Gasteiger partial charge in [0.15, 0.2) is 0 Å². The molecule has 114 valence electrons. The van der Waals surface area contributed by atoms with E-state index in [1.54, 1.807) is 12.2 Å². The fraction of sp³-hybridized carbons (Fsp3) is 0.429. The van der Waals surface area contributed by atoms with Crippen molar-refractivity contribution in [2.24, 2.45) is 5.73 Å². The van der Waals surface area contributed by atoms with Crippen molar-refractivity contribution in [1.29, 1.82) is 0 Å². The van der Waals surface area contributed by atoms with Gasteiger partial charge in [-0.1, -0.05) is 33.1 Å². The highest BCUT2D eigenvalue weighted by Gasteiger charge is 2.17. The van der Waals surface area contributed by atoms with Crippen LogP contribution in [0.25, 0.3) is 0 Å². The summed E-state index contributed by atoms with van der Waals surface area (Å²) in [6.45, 7) is 11.4. The summed E-state index contributed by atoms with van der Waals surface area (Å²) in [5, 5.41) is 20.1. The number of nitrogens with one attached hydrogen (secondary N) is 1. The minimum Gasteiger partial charge on any atom is -0.481 e. The summed E-state index contributed by atoms with van der Waals surface area (Å²) in [7, 11) is 0. The Morgan fingerprint density at radius 1 is 1.25 bits per heavy atom. The molecule has 0 aromatic carbocycles. The molecule has 0 amide bonds. The Labute approximate surface area is 119 Å². The van der Waals surface area contributed by atoms with Crippen LogP contribution in [-0.4, -0.2) is 34.7 Å². The van der Waals surface area contributed by atoms with Gasteiger partial charge in [0.25, 0.3) is 0 Å². The number of allylic oxidation sites excluding steroid dienone is 1. The maximum absolute atomic E-state index is 10.9. The van der Waals surface area contributed by atoms with Crippen molar-refractivity contribution < 1.29 is 19.8 Å². The van der Waals surface area contributed by atoms with E-state index in [0.717, 1.165) is 0 Å². The highest BCUT2D eigenvalue weighted by Crippen LogP contribution is 2.00. The van der Waals surface area contributed by atoms with E-state index in [9.17, 15) is 9.59 Å². The van der Waals surface area contributed by atoms with Crippen LogP contribution >= 0.6 is 0 Å². The molecule has 6 heteroatoms. The Bertz CT molecular complexity index is 375. The SMILES string of the molecule is C=C(N)/C=C\C(=C)CNC(CCC(=O)O)C(=O)O.CC. The van der Waals surface area contributed by atoms with Gasteiger partial charge in [-0.3, -0.25) is 9.59 Å². The summed E-state index contributed by atoms with van der Waals surface area (Å²) in [5.41, 5.74) is 6.32. The lowest BCUT2D eigenvalue weighted by Crippen LogP contribution is -2.38. The first-order valence-electron chi connectivity index (χ1n) is 6.31. The summed E-state index contributed by atoms with van der Waals surface area (Å²) in [4.78, 5) is 21.2. The highest BCUT2D eigenvalue weighted by atomic mass is 16.4. The number of rotatable bonds is 9. The minimum absolute atomic E-state index is 0.0191. The van der Waals surface area contributed by atoms with Crippen molar-refractivity contribution in [2.75, 3.05) is 6.54 Å². The van der Waals surface area contributed by atoms with Gasteiger partial charge in [-0.25, -0.2) is 0 Å². The van der Waals surface area contributed by atoms with Crippen molar-refractivity contribution in [3.05, 3.63) is 36.6 Å². The molecule has 0 bridgehead atoms. The summed E-state index contributed by atoms with van der Waals surface area (Å²) in [6, 6.07) is -0.910. The van der Waals surface area contributed by atoms with Gasteiger partial charge in [-0.2, -0.15) is 0 Å². The normalized spacial score (nSPS) is 11.3. The van der Waals surface area contributed by atoms with Crippen molar-refractivity contribution in [3.63, 3.8) is 0 Å². The molecule has 0 aliphatic carbocycles. The molecule has 20 heavy (non-hydrogen) atoms. The van der Waals surface area contributed by atoms with Gasteiger partial charge in [-0.05, 0) is 18.1 Å². The molecule has 0 heterocycles. The Hall–Kier alpha value is -2.08. The van der Waals surface area contributed by atoms with Crippen molar-refractivity contribution in [2.45, 2.75) is 32.7 Å². The molecular weight excluding hydrogens is 260 g/mol. The van der Waals surface area contributed by atoms with E-state index >= 15 is 0 Å². The molecule has 0 aliphatic heterocycles. The molecule has 0 aliphatic rings. The summed E-state index contributed by atoms with van der Waals surface area (Å²) >= 11 is 0. The smallest absolute Gasteiger partial charge is 0.320 e. The molecule has 0 fully saturated rings. The molecule has 0 aromatic heterocycles. The third-order valence-electron chi connectivity index (χ3n) is 2.05. The second-order valence-electron chi connectivity index (χ2n) is 3.77. The Morgan fingerprint density at radius 2 is 1.80 bits per heavy atom. The molecule has 0 aromatic rings. The van der Waals surface area contributed by atoms with Crippen molar-refractivity contribution >= 4 is 11.9 Å². The molecule has 6 nitrogen and oxygen atoms in total. The molecule has 1 unspecified atom stereocenters. The van der Waals surface area contributed by atoms with Crippen LogP contribution in [0.5, 0.6) is 0 Å². The van der Waals surface area contributed by atoms with Crippen LogP contribution in [0.2, 0.25) is 0 Å². The maximum Gasteiger partial charge on any atom is 0.320 e. The van der Waals surface area contributed by atoms with Gasteiger partial charge in [0.1, 0.15) is 6.04 Å². The third kappa shape index (κ3) is 12.4. The van der Waals surface area contributed by atoms with Gasteiger partial charge in [0, 0.05) is 18.7 Å². The van der Waals surface area contributed by atoms with Crippen LogP contribution in [0.1, 0.15) is 26.7 Å². The summed E-state index contributed by atoms with van der Waals surface area (Å²) in [5.74, 6) is -2.11. The average molecular weight is 284 g/mol.